The molecule has 0 bridgehead atoms. The van der Waals surface area contributed by atoms with Crippen LogP contribution in [-0.4, -0.2) is 9.97 Å². The van der Waals surface area contributed by atoms with Crippen LogP contribution in [0.5, 0.6) is 0 Å². The minimum Gasteiger partial charge on any atom is -0.236 e. The molecular formula is C30H40N2. The standard InChI is InChI=1S/C30H40N2/c1-3-5-7-9-10-12-13-25-15-17-27(18-16-25)28-19-21-29(22-20-28)30-31-23-26(24-32-30)14-11-8-6-4-2/h15-24H,3-14H2,1-2H3. The van der Waals surface area contributed by atoms with Gasteiger partial charge >= 0.3 is 0 Å². The van der Waals surface area contributed by atoms with Gasteiger partial charge in [0, 0.05) is 18.0 Å². The quantitative estimate of drug-likeness (QED) is 0.240. The highest BCUT2D eigenvalue weighted by molar-refractivity contribution is 5.67. The molecule has 2 nitrogen and oxygen atoms in total. The molecule has 170 valence electrons. The van der Waals surface area contributed by atoms with Gasteiger partial charge in [-0.15, -0.1) is 0 Å². The highest BCUT2D eigenvalue weighted by Gasteiger charge is 2.04. The molecule has 0 aliphatic carbocycles. The van der Waals surface area contributed by atoms with E-state index < -0.39 is 0 Å². The van der Waals surface area contributed by atoms with Crippen LogP contribution in [0.3, 0.4) is 0 Å². The van der Waals surface area contributed by atoms with Crippen molar-refractivity contribution in [2.75, 3.05) is 0 Å². The van der Waals surface area contributed by atoms with Gasteiger partial charge in [0.25, 0.3) is 0 Å². The molecule has 0 aliphatic heterocycles. The van der Waals surface area contributed by atoms with E-state index in [2.05, 4.69) is 72.3 Å². The van der Waals surface area contributed by atoms with Crippen LogP contribution in [0.15, 0.2) is 60.9 Å². The topological polar surface area (TPSA) is 25.8 Å². The van der Waals surface area contributed by atoms with Crippen LogP contribution in [0, 0.1) is 0 Å². The van der Waals surface area contributed by atoms with Gasteiger partial charge in [0.1, 0.15) is 0 Å². The van der Waals surface area contributed by atoms with Crippen molar-refractivity contribution < 1.29 is 0 Å². The maximum atomic E-state index is 4.60. The number of aryl methyl sites for hydroxylation is 2. The Kier molecular flexibility index (Phi) is 10.4. The van der Waals surface area contributed by atoms with E-state index in [9.17, 15) is 0 Å². The molecule has 0 unspecified atom stereocenters. The first kappa shape index (κ1) is 24.2. The second kappa shape index (κ2) is 13.8. The fourth-order valence-electron chi connectivity index (χ4n) is 4.17. The van der Waals surface area contributed by atoms with Gasteiger partial charge in [-0.3, -0.25) is 0 Å². The Morgan fingerprint density at radius 2 is 0.906 bits per heavy atom. The second-order valence-corrected chi connectivity index (χ2v) is 9.02. The predicted octanol–water partition coefficient (Wildman–Crippen LogP) is 8.84. The summed E-state index contributed by atoms with van der Waals surface area (Å²) in [4.78, 5) is 9.21. The van der Waals surface area contributed by atoms with Crippen molar-refractivity contribution in [3.63, 3.8) is 0 Å². The third kappa shape index (κ3) is 7.89. The summed E-state index contributed by atoms with van der Waals surface area (Å²) < 4.78 is 0. The minimum absolute atomic E-state index is 0.808. The van der Waals surface area contributed by atoms with Gasteiger partial charge in [-0.1, -0.05) is 114 Å². The number of hydrogen-bond donors (Lipinski definition) is 0. The Balaban J connectivity index is 1.50. The van der Waals surface area contributed by atoms with Crippen LogP contribution in [0.2, 0.25) is 0 Å². The van der Waals surface area contributed by atoms with Crippen molar-refractivity contribution >= 4 is 0 Å². The molecule has 32 heavy (non-hydrogen) atoms. The lowest BCUT2D eigenvalue weighted by Crippen LogP contribution is -1.93. The van der Waals surface area contributed by atoms with E-state index in [1.165, 1.54) is 92.9 Å². The molecule has 2 aromatic carbocycles. The van der Waals surface area contributed by atoms with E-state index in [0.29, 0.717) is 0 Å². The second-order valence-electron chi connectivity index (χ2n) is 9.02. The fraction of sp³-hybridized carbons (Fsp3) is 0.467. The summed E-state index contributed by atoms with van der Waals surface area (Å²) in [5.74, 6) is 0.808. The summed E-state index contributed by atoms with van der Waals surface area (Å²) in [5.41, 5.74) is 6.27. The zero-order valence-electron chi connectivity index (χ0n) is 20.2. The highest BCUT2D eigenvalue weighted by Crippen LogP contribution is 2.24. The SMILES string of the molecule is CCCCCCCCc1ccc(-c2ccc(-c3ncc(CCCCCC)cn3)cc2)cc1. The molecule has 1 heterocycles. The average molecular weight is 429 g/mol. The molecule has 0 saturated heterocycles. The zero-order valence-corrected chi connectivity index (χ0v) is 20.2. The smallest absolute Gasteiger partial charge is 0.159 e. The number of aromatic nitrogens is 2. The molecule has 3 rings (SSSR count). The number of nitrogens with zero attached hydrogens (tertiary/aromatic N) is 2. The van der Waals surface area contributed by atoms with Gasteiger partial charge in [0.2, 0.25) is 0 Å². The summed E-state index contributed by atoms with van der Waals surface area (Å²) in [6, 6.07) is 17.7. The highest BCUT2D eigenvalue weighted by atomic mass is 14.9. The summed E-state index contributed by atoms with van der Waals surface area (Å²) in [6.07, 6.45) is 19.5. The summed E-state index contributed by atoms with van der Waals surface area (Å²) in [6.45, 7) is 4.52. The van der Waals surface area contributed by atoms with Gasteiger partial charge in [-0.25, -0.2) is 9.97 Å². The molecule has 0 N–H and O–H groups in total. The molecule has 0 aliphatic rings. The van der Waals surface area contributed by atoms with E-state index in [-0.39, 0.29) is 0 Å². The molecule has 2 heteroatoms. The number of hydrogen-bond acceptors (Lipinski definition) is 2. The Hall–Kier alpha value is -2.48. The van der Waals surface area contributed by atoms with Crippen molar-refractivity contribution in [2.45, 2.75) is 90.9 Å². The van der Waals surface area contributed by atoms with E-state index >= 15 is 0 Å². The first-order valence-corrected chi connectivity index (χ1v) is 12.8. The lowest BCUT2D eigenvalue weighted by molar-refractivity contribution is 0.607. The van der Waals surface area contributed by atoms with Crippen LogP contribution in [0.25, 0.3) is 22.5 Å². The van der Waals surface area contributed by atoms with Crippen LogP contribution in [-0.2, 0) is 12.8 Å². The summed E-state index contributed by atoms with van der Waals surface area (Å²) in [5, 5.41) is 0. The normalized spacial score (nSPS) is 11.1. The average Bonchev–Trinajstić information content (AvgIpc) is 2.85. The van der Waals surface area contributed by atoms with Crippen LogP contribution >= 0.6 is 0 Å². The Bertz CT molecular complexity index is 880. The van der Waals surface area contributed by atoms with Crippen molar-refractivity contribution in [1.29, 1.82) is 0 Å². The molecule has 0 fully saturated rings. The monoisotopic (exact) mass is 428 g/mol. The maximum Gasteiger partial charge on any atom is 0.159 e. The van der Waals surface area contributed by atoms with Gasteiger partial charge in [-0.05, 0) is 47.9 Å². The lowest BCUT2D eigenvalue weighted by Gasteiger charge is -2.07. The van der Waals surface area contributed by atoms with Gasteiger partial charge in [-0.2, -0.15) is 0 Å². The van der Waals surface area contributed by atoms with Crippen LogP contribution in [0.4, 0.5) is 0 Å². The first-order chi connectivity index (χ1) is 15.8. The maximum absolute atomic E-state index is 4.60. The lowest BCUT2D eigenvalue weighted by atomic mass is 10.00. The summed E-state index contributed by atoms with van der Waals surface area (Å²) >= 11 is 0. The van der Waals surface area contributed by atoms with Crippen LogP contribution < -0.4 is 0 Å². The Morgan fingerprint density at radius 1 is 0.469 bits per heavy atom. The Morgan fingerprint density at radius 3 is 1.50 bits per heavy atom. The Labute approximate surface area is 195 Å². The van der Waals surface area contributed by atoms with Crippen molar-refractivity contribution in [3.8, 4) is 22.5 Å². The van der Waals surface area contributed by atoms with E-state index in [0.717, 1.165) is 17.8 Å². The van der Waals surface area contributed by atoms with Crippen molar-refractivity contribution in [2.24, 2.45) is 0 Å². The third-order valence-electron chi connectivity index (χ3n) is 6.27. The van der Waals surface area contributed by atoms with E-state index in [1.54, 1.807) is 0 Å². The zero-order chi connectivity index (χ0) is 22.4. The minimum atomic E-state index is 0.808. The van der Waals surface area contributed by atoms with Crippen molar-refractivity contribution in [1.82, 2.24) is 9.97 Å². The van der Waals surface area contributed by atoms with E-state index in [1.807, 2.05) is 12.4 Å². The third-order valence-corrected chi connectivity index (χ3v) is 6.27. The molecule has 3 aromatic rings. The predicted molar refractivity (Wildman–Crippen MR) is 138 cm³/mol. The number of rotatable bonds is 14. The summed E-state index contributed by atoms with van der Waals surface area (Å²) in [7, 11) is 0. The van der Waals surface area contributed by atoms with E-state index in [4.69, 9.17) is 0 Å². The first-order valence-electron chi connectivity index (χ1n) is 12.8. The number of unbranched alkanes of at least 4 members (excludes halogenated alkanes) is 8. The largest absolute Gasteiger partial charge is 0.236 e. The fourth-order valence-corrected chi connectivity index (χ4v) is 4.17. The molecular weight excluding hydrogens is 388 g/mol. The molecule has 0 atom stereocenters. The number of benzene rings is 2. The van der Waals surface area contributed by atoms with Gasteiger partial charge < -0.3 is 0 Å². The van der Waals surface area contributed by atoms with Crippen LogP contribution in [0.1, 0.15) is 89.2 Å². The molecule has 0 amide bonds. The molecule has 1 aromatic heterocycles. The van der Waals surface area contributed by atoms with Crippen molar-refractivity contribution in [3.05, 3.63) is 72.1 Å². The molecule has 0 saturated carbocycles. The van der Waals surface area contributed by atoms with Gasteiger partial charge in [0.15, 0.2) is 5.82 Å². The molecule has 0 spiro atoms. The molecule has 0 radical (unpaired) electrons. The van der Waals surface area contributed by atoms with Gasteiger partial charge in [0.05, 0.1) is 0 Å².